The van der Waals surface area contributed by atoms with E-state index in [1.165, 1.54) is 5.56 Å². The van der Waals surface area contributed by atoms with Crippen molar-refractivity contribution in [2.45, 2.75) is 17.1 Å². The minimum Gasteiger partial charge on any atom is -0.352 e. The minimum absolute atomic E-state index is 0.191. The van der Waals surface area contributed by atoms with E-state index in [0.717, 1.165) is 24.2 Å². The molecule has 1 heterocycles. The normalized spacial score (nSPS) is 11.2. The molecular weight excluding hydrogens is 416 g/mol. The van der Waals surface area contributed by atoms with Crippen LogP contribution in [-0.2, 0) is 16.4 Å². The van der Waals surface area contributed by atoms with Crippen molar-refractivity contribution in [1.29, 1.82) is 0 Å². The van der Waals surface area contributed by atoms with Gasteiger partial charge in [0, 0.05) is 22.8 Å². The number of sulfonamides is 1. The van der Waals surface area contributed by atoms with E-state index in [0.29, 0.717) is 22.8 Å². The van der Waals surface area contributed by atoms with E-state index in [-0.39, 0.29) is 10.1 Å². The maximum Gasteiger partial charge on any atom is 0.271 e. The van der Waals surface area contributed by atoms with Gasteiger partial charge in [0.25, 0.3) is 15.9 Å². The number of nitrogens with one attached hydrogen (secondary N) is 2. The highest BCUT2D eigenvalue weighted by Crippen LogP contribution is 2.20. The van der Waals surface area contributed by atoms with Crippen molar-refractivity contribution in [3.63, 3.8) is 0 Å². The van der Waals surface area contributed by atoms with Crippen LogP contribution in [0.3, 0.4) is 0 Å². The van der Waals surface area contributed by atoms with E-state index in [2.05, 4.69) is 10.0 Å². The molecule has 0 spiro atoms. The summed E-state index contributed by atoms with van der Waals surface area (Å²) in [5.41, 5.74) is 2.05. The van der Waals surface area contributed by atoms with Gasteiger partial charge in [0.2, 0.25) is 0 Å². The van der Waals surface area contributed by atoms with Crippen LogP contribution in [0.5, 0.6) is 0 Å². The summed E-state index contributed by atoms with van der Waals surface area (Å²) in [5.74, 6) is -0.191. The summed E-state index contributed by atoms with van der Waals surface area (Å²) in [5, 5.41) is 5.28. The van der Waals surface area contributed by atoms with Crippen molar-refractivity contribution in [1.82, 2.24) is 5.32 Å². The summed E-state index contributed by atoms with van der Waals surface area (Å²) in [7, 11) is -3.59. The molecule has 0 bridgehead atoms. The number of carbonyl (C=O) groups is 1. The van der Waals surface area contributed by atoms with E-state index < -0.39 is 10.0 Å². The summed E-state index contributed by atoms with van der Waals surface area (Å²) in [6, 6.07) is 17.2. The third kappa shape index (κ3) is 5.58. The fourth-order valence-corrected chi connectivity index (χ4v) is 4.74. The SMILES string of the molecule is O=C(NCCCc1ccc(Cl)cc1)c1ccc(NS(=O)(=O)c2cccs2)cc1. The lowest BCUT2D eigenvalue weighted by molar-refractivity contribution is 0.0953. The molecule has 0 fully saturated rings. The number of amides is 1. The Balaban J connectivity index is 1.49. The first-order valence-electron chi connectivity index (χ1n) is 8.63. The zero-order chi connectivity index (χ0) is 20.0. The summed E-state index contributed by atoms with van der Waals surface area (Å²) in [6.07, 6.45) is 1.66. The number of anilines is 1. The van der Waals surface area contributed by atoms with E-state index in [4.69, 9.17) is 11.6 Å². The third-order valence-corrected chi connectivity index (χ3v) is 7.03. The van der Waals surface area contributed by atoms with E-state index in [1.54, 1.807) is 41.8 Å². The van der Waals surface area contributed by atoms with Gasteiger partial charge < -0.3 is 5.32 Å². The number of thiophene rings is 1. The summed E-state index contributed by atoms with van der Waals surface area (Å²) < 4.78 is 27.2. The van der Waals surface area contributed by atoms with E-state index in [9.17, 15) is 13.2 Å². The number of hydrogen-bond donors (Lipinski definition) is 2. The number of hydrogen-bond acceptors (Lipinski definition) is 4. The first-order chi connectivity index (χ1) is 13.4. The smallest absolute Gasteiger partial charge is 0.271 e. The zero-order valence-electron chi connectivity index (χ0n) is 14.9. The van der Waals surface area contributed by atoms with Crippen LogP contribution in [0.4, 0.5) is 5.69 Å². The molecule has 8 heteroatoms. The number of benzene rings is 2. The predicted octanol–water partition coefficient (Wildman–Crippen LogP) is 4.56. The van der Waals surface area contributed by atoms with Crippen molar-refractivity contribution in [2.75, 3.05) is 11.3 Å². The van der Waals surface area contributed by atoms with Gasteiger partial charge in [-0.1, -0.05) is 29.8 Å². The van der Waals surface area contributed by atoms with Crippen LogP contribution in [0.2, 0.25) is 5.02 Å². The summed E-state index contributed by atoms with van der Waals surface area (Å²) in [4.78, 5) is 12.2. The molecule has 5 nitrogen and oxygen atoms in total. The average Bonchev–Trinajstić information content (AvgIpc) is 3.23. The van der Waals surface area contributed by atoms with Crippen molar-refractivity contribution < 1.29 is 13.2 Å². The van der Waals surface area contributed by atoms with Crippen LogP contribution >= 0.6 is 22.9 Å². The second-order valence-electron chi connectivity index (χ2n) is 6.10. The molecule has 3 rings (SSSR count). The number of rotatable bonds is 8. The maximum atomic E-state index is 12.2. The fourth-order valence-electron chi connectivity index (χ4n) is 2.56. The number of aryl methyl sites for hydroxylation is 1. The fraction of sp³-hybridized carbons (Fsp3) is 0.150. The first kappa shape index (κ1) is 20.4. The molecule has 0 aliphatic heterocycles. The Hall–Kier alpha value is -2.35. The first-order valence-corrected chi connectivity index (χ1v) is 11.4. The van der Waals surface area contributed by atoms with E-state index in [1.807, 2.05) is 24.3 Å². The van der Waals surface area contributed by atoms with Gasteiger partial charge >= 0.3 is 0 Å². The molecular formula is C20H19ClN2O3S2. The molecule has 0 aliphatic rings. The molecule has 2 aromatic carbocycles. The second-order valence-corrected chi connectivity index (χ2v) is 9.39. The maximum absolute atomic E-state index is 12.2. The third-order valence-electron chi connectivity index (χ3n) is 4.00. The minimum atomic E-state index is -3.59. The van der Waals surface area contributed by atoms with Gasteiger partial charge in [0.1, 0.15) is 4.21 Å². The van der Waals surface area contributed by atoms with Gasteiger partial charge in [-0.2, -0.15) is 0 Å². The van der Waals surface area contributed by atoms with Crippen molar-refractivity contribution >= 4 is 44.6 Å². The largest absolute Gasteiger partial charge is 0.352 e. The molecule has 1 amide bonds. The van der Waals surface area contributed by atoms with Gasteiger partial charge in [-0.3, -0.25) is 9.52 Å². The van der Waals surface area contributed by atoms with Crippen LogP contribution in [0.25, 0.3) is 0 Å². The summed E-state index contributed by atoms with van der Waals surface area (Å²) >= 11 is 7.01. The van der Waals surface area contributed by atoms with Crippen LogP contribution in [-0.4, -0.2) is 20.9 Å². The molecule has 146 valence electrons. The highest BCUT2D eigenvalue weighted by Gasteiger charge is 2.15. The van der Waals surface area contributed by atoms with Crippen molar-refractivity contribution in [3.8, 4) is 0 Å². The van der Waals surface area contributed by atoms with Gasteiger partial charge in [-0.25, -0.2) is 8.42 Å². The van der Waals surface area contributed by atoms with Gasteiger partial charge in [0.15, 0.2) is 0 Å². The Morgan fingerprint density at radius 3 is 2.36 bits per heavy atom. The lowest BCUT2D eigenvalue weighted by atomic mass is 10.1. The predicted molar refractivity (Wildman–Crippen MR) is 114 cm³/mol. The van der Waals surface area contributed by atoms with Crippen molar-refractivity contribution in [3.05, 3.63) is 82.2 Å². The lowest BCUT2D eigenvalue weighted by Gasteiger charge is -2.08. The average molecular weight is 435 g/mol. The monoisotopic (exact) mass is 434 g/mol. The Morgan fingerprint density at radius 2 is 1.71 bits per heavy atom. The molecule has 0 radical (unpaired) electrons. The standard InChI is InChI=1S/C20H19ClN2O3S2/c21-17-9-5-15(6-10-17)3-1-13-22-20(24)16-7-11-18(12-8-16)23-28(25,26)19-4-2-14-27-19/h2,4-12,14,23H,1,3,13H2,(H,22,24). The lowest BCUT2D eigenvalue weighted by Crippen LogP contribution is -2.24. The zero-order valence-corrected chi connectivity index (χ0v) is 17.3. The highest BCUT2D eigenvalue weighted by atomic mass is 35.5. The van der Waals surface area contributed by atoms with Crippen LogP contribution in [0, 0.1) is 0 Å². The highest BCUT2D eigenvalue weighted by molar-refractivity contribution is 7.94. The van der Waals surface area contributed by atoms with Crippen molar-refractivity contribution in [2.24, 2.45) is 0 Å². The Labute approximate surface area is 173 Å². The molecule has 3 aromatic rings. The molecule has 0 saturated carbocycles. The summed E-state index contributed by atoms with van der Waals surface area (Å²) in [6.45, 7) is 0.550. The van der Waals surface area contributed by atoms with Crippen LogP contribution < -0.4 is 10.0 Å². The Bertz CT molecular complexity index is 1020. The quantitative estimate of drug-likeness (QED) is 0.510. The topological polar surface area (TPSA) is 75.3 Å². The molecule has 0 saturated heterocycles. The molecule has 0 aliphatic carbocycles. The second kappa shape index (κ2) is 9.23. The van der Waals surface area contributed by atoms with Gasteiger partial charge in [0.05, 0.1) is 0 Å². The Morgan fingerprint density at radius 1 is 1.00 bits per heavy atom. The molecule has 1 aromatic heterocycles. The Kier molecular flexibility index (Phi) is 6.72. The molecule has 0 unspecified atom stereocenters. The molecule has 28 heavy (non-hydrogen) atoms. The van der Waals surface area contributed by atoms with Crippen LogP contribution in [0.1, 0.15) is 22.3 Å². The molecule has 0 atom stereocenters. The van der Waals surface area contributed by atoms with E-state index >= 15 is 0 Å². The van der Waals surface area contributed by atoms with Crippen LogP contribution in [0.15, 0.2) is 70.3 Å². The number of halogens is 1. The number of carbonyl (C=O) groups excluding carboxylic acids is 1. The van der Waals surface area contributed by atoms with Gasteiger partial charge in [-0.15, -0.1) is 11.3 Å². The molecule has 2 N–H and O–H groups in total. The van der Waals surface area contributed by atoms with Gasteiger partial charge in [-0.05, 0) is 66.2 Å².